The minimum Gasteiger partial charge on any atom is -0.464 e. The number of carbonyl (C=O) groups is 1. The molecular weight excluding hydrogens is 322 g/mol. The lowest BCUT2D eigenvalue weighted by Crippen LogP contribution is -2.24. The number of hydrogen-bond donors (Lipinski definition) is 1. The van der Waals surface area contributed by atoms with Gasteiger partial charge in [0.05, 0.1) is 29.8 Å². The number of nitrogens with one attached hydrogen (secondary N) is 1. The first-order valence-corrected chi connectivity index (χ1v) is 7.90. The predicted octanol–water partition coefficient (Wildman–Crippen LogP) is 3.41. The maximum absolute atomic E-state index is 12.1. The van der Waals surface area contributed by atoms with E-state index >= 15 is 0 Å². The summed E-state index contributed by atoms with van der Waals surface area (Å²) in [6.45, 7) is 4.24. The number of halogens is 1. The molecule has 3 rings (SSSR count). The van der Waals surface area contributed by atoms with Gasteiger partial charge in [0.25, 0.3) is 0 Å². The minimum atomic E-state index is -0.0767. The zero-order chi connectivity index (χ0) is 15.7. The Kier molecular flexibility index (Phi) is 4.13. The first kappa shape index (κ1) is 15.0. The topological polar surface area (TPSA) is 68.0 Å². The van der Waals surface area contributed by atoms with E-state index in [1.807, 2.05) is 26.0 Å². The van der Waals surface area contributed by atoms with Gasteiger partial charge in [-0.2, -0.15) is 0 Å². The van der Waals surface area contributed by atoms with Crippen molar-refractivity contribution in [2.45, 2.75) is 26.8 Å². The molecule has 3 aromatic rings. The molecule has 0 bridgehead atoms. The van der Waals surface area contributed by atoms with E-state index in [1.165, 1.54) is 11.5 Å². The SMILES string of the molecule is Cc1cc2occ(CC(=O)NCc3snnc3C)c2cc1Cl. The Morgan fingerprint density at radius 2 is 2.23 bits per heavy atom. The van der Waals surface area contributed by atoms with Gasteiger partial charge in [-0.05, 0) is 43.1 Å². The Bertz CT molecular complexity index is 841. The normalized spacial score (nSPS) is 11.0. The number of fused-ring (bicyclic) bond motifs is 1. The van der Waals surface area contributed by atoms with Crippen LogP contribution in [0.4, 0.5) is 0 Å². The molecule has 22 heavy (non-hydrogen) atoms. The van der Waals surface area contributed by atoms with Crippen molar-refractivity contribution in [3.05, 3.63) is 45.1 Å². The van der Waals surface area contributed by atoms with E-state index in [9.17, 15) is 4.79 Å². The van der Waals surface area contributed by atoms with Gasteiger partial charge in [0.2, 0.25) is 5.91 Å². The minimum absolute atomic E-state index is 0.0767. The molecule has 0 atom stereocenters. The molecule has 2 aromatic heterocycles. The molecule has 2 heterocycles. The lowest BCUT2D eigenvalue weighted by molar-refractivity contribution is -0.120. The van der Waals surface area contributed by atoms with E-state index in [0.29, 0.717) is 11.6 Å². The van der Waals surface area contributed by atoms with Gasteiger partial charge >= 0.3 is 0 Å². The van der Waals surface area contributed by atoms with Gasteiger partial charge in [0.1, 0.15) is 5.58 Å². The van der Waals surface area contributed by atoms with Gasteiger partial charge < -0.3 is 9.73 Å². The molecule has 0 saturated heterocycles. The van der Waals surface area contributed by atoms with E-state index in [4.69, 9.17) is 16.0 Å². The summed E-state index contributed by atoms with van der Waals surface area (Å²) in [6.07, 6.45) is 1.86. The number of aryl methyl sites for hydroxylation is 2. The Morgan fingerprint density at radius 3 is 2.95 bits per heavy atom. The lowest BCUT2D eigenvalue weighted by atomic mass is 10.1. The molecule has 0 radical (unpaired) electrons. The molecule has 114 valence electrons. The smallest absolute Gasteiger partial charge is 0.224 e. The van der Waals surface area contributed by atoms with Crippen LogP contribution in [0.3, 0.4) is 0 Å². The standard InChI is InChI=1S/C15H14ClN3O2S/c1-8-3-13-11(5-12(8)16)10(7-21-13)4-15(20)17-6-14-9(2)18-19-22-14/h3,5,7H,4,6H2,1-2H3,(H,17,20). The Labute approximate surface area is 136 Å². The van der Waals surface area contributed by atoms with E-state index in [0.717, 1.165) is 32.7 Å². The van der Waals surface area contributed by atoms with Crippen molar-refractivity contribution in [2.24, 2.45) is 0 Å². The van der Waals surface area contributed by atoms with Crippen LogP contribution >= 0.6 is 23.1 Å². The molecule has 0 aliphatic carbocycles. The van der Waals surface area contributed by atoms with Crippen molar-refractivity contribution in [3.8, 4) is 0 Å². The quantitative estimate of drug-likeness (QED) is 0.793. The van der Waals surface area contributed by atoms with Crippen molar-refractivity contribution >= 4 is 40.0 Å². The second-order valence-corrected chi connectivity index (χ2v) is 6.34. The van der Waals surface area contributed by atoms with Crippen LogP contribution in [0.1, 0.15) is 21.7 Å². The molecule has 0 unspecified atom stereocenters. The third-order valence-electron chi connectivity index (χ3n) is 3.48. The van der Waals surface area contributed by atoms with Crippen LogP contribution in [0.15, 0.2) is 22.8 Å². The van der Waals surface area contributed by atoms with Crippen LogP contribution in [0, 0.1) is 13.8 Å². The highest BCUT2D eigenvalue weighted by Crippen LogP contribution is 2.27. The molecule has 0 saturated carbocycles. The number of aromatic nitrogens is 2. The van der Waals surface area contributed by atoms with Crippen molar-refractivity contribution in [1.29, 1.82) is 0 Å². The largest absolute Gasteiger partial charge is 0.464 e. The van der Waals surface area contributed by atoms with Crippen molar-refractivity contribution in [3.63, 3.8) is 0 Å². The summed E-state index contributed by atoms with van der Waals surface area (Å²) < 4.78 is 9.34. The van der Waals surface area contributed by atoms with Crippen LogP contribution in [0.5, 0.6) is 0 Å². The summed E-state index contributed by atoms with van der Waals surface area (Å²) in [7, 11) is 0. The Hall–Kier alpha value is -1.92. The number of rotatable bonds is 4. The summed E-state index contributed by atoms with van der Waals surface area (Å²) in [4.78, 5) is 13.1. The highest BCUT2D eigenvalue weighted by atomic mass is 35.5. The van der Waals surface area contributed by atoms with E-state index < -0.39 is 0 Å². The van der Waals surface area contributed by atoms with Gasteiger partial charge in [0, 0.05) is 16.0 Å². The van der Waals surface area contributed by atoms with Crippen molar-refractivity contribution < 1.29 is 9.21 Å². The molecule has 0 spiro atoms. The van der Waals surface area contributed by atoms with Crippen LogP contribution in [-0.4, -0.2) is 15.5 Å². The monoisotopic (exact) mass is 335 g/mol. The molecule has 0 aliphatic rings. The molecule has 1 aromatic carbocycles. The van der Waals surface area contributed by atoms with E-state index in [2.05, 4.69) is 14.9 Å². The van der Waals surface area contributed by atoms with Crippen LogP contribution < -0.4 is 5.32 Å². The Balaban J connectivity index is 1.71. The van der Waals surface area contributed by atoms with Crippen molar-refractivity contribution in [1.82, 2.24) is 14.9 Å². The first-order chi connectivity index (χ1) is 10.5. The lowest BCUT2D eigenvalue weighted by Gasteiger charge is -2.03. The molecule has 1 amide bonds. The van der Waals surface area contributed by atoms with Crippen LogP contribution in [0.2, 0.25) is 5.02 Å². The fraction of sp³-hybridized carbons (Fsp3) is 0.267. The number of furan rings is 1. The predicted molar refractivity (Wildman–Crippen MR) is 86.2 cm³/mol. The summed E-state index contributed by atoms with van der Waals surface area (Å²) in [6, 6.07) is 3.72. The highest BCUT2D eigenvalue weighted by Gasteiger charge is 2.13. The third-order valence-corrected chi connectivity index (χ3v) is 4.71. The fourth-order valence-corrected chi connectivity index (χ4v) is 2.90. The number of benzene rings is 1. The van der Waals surface area contributed by atoms with Gasteiger partial charge in [-0.25, -0.2) is 0 Å². The van der Waals surface area contributed by atoms with E-state index in [-0.39, 0.29) is 12.3 Å². The number of carbonyl (C=O) groups excluding carboxylic acids is 1. The summed E-state index contributed by atoms with van der Waals surface area (Å²) in [5.74, 6) is -0.0767. The number of hydrogen-bond acceptors (Lipinski definition) is 5. The summed E-state index contributed by atoms with van der Waals surface area (Å²) in [5, 5.41) is 8.33. The molecule has 0 aliphatic heterocycles. The Morgan fingerprint density at radius 1 is 1.41 bits per heavy atom. The van der Waals surface area contributed by atoms with Gasteiger partial charge in [-0.1, -0.05) is 16.1 Å². The van der Waals surface area contributed by atoms with Crippen LogP contribution in [0.25, 0.3) is 11.0 Å². The maximum atomic E-state index is 12.1. The highest BCUT2D eigenvalue weighted by molar-refractivity contribution is 7.05. The fourth-order valence-electron chi connectivity index (χ4n) is 2.17. The molecule has 7 heteroatoms. The zero-order valence-electron chi connectivity index (χ0n) is 12.1. The number of nitrogens with zero attached hydrogens (tertiary/aromatic N) is 2. The average molecular weight is 336 g/mol. The molecule has 1 N–H and O–H groups in total. The molecule has 0 fully saturated rings. The summed E-state index contributed by atoms with van der Waals surface area (Å²) in [5.41, 5.74) is 3.37. The molecular formula is C15H14ClN3O2S. The van der Waals surface area contributed by atoms with Gasteiger partial charge in [0.15, 0.2) is 0 Å². The zero-order valence-corrected chi connectivity index (χ0v) is 13.7. The second kappa shape index (κ2) is 6.06. The van der Waals surface area contributed by atoms with Gasteiger partial charge in [-0.3, -0.25) is 4.79 Å². The average Bonchev–Trinajstić information content (AvgIpc) is 3.05. The third kappa shape index (κ3) is 2.98. The second-order valence-electron chi connectivity index (χ2n) is 5.09. The van der Waals surface area contributed by atoms with Crippen molar-refractivity contribution in [2.75, 3.05) is 0 Å². The van der Waals surface area contributed by atoms with Crippen LogP contribution in [-0.2, 0) is 17.8 Å². The van der Waals surface area contributed by atoms with Gasteiger partial charge in [-0.15, -0.1) is 5.10 Å². The first-order valence-electron chi connectivity index (χ1n) is 6.75. The van der Waals surface area contributed by atoms with E-state index in [1.54, 1.807) is 6.26 Å². The molecule has 5 nitrogen and oxygen atoms in total. The maximum Gasteiger partial charge on any atom is 0.224 e. The number of amides is 1. The summed E-state index contributed by atoms with van der Waals surface area (Å²) >= 11 is 7.44.